The quantitative estimate of drug-likeness (QED) is 0.503. The smallest absolute Gasteiger partial charge is 0.341 e. The molecule has 0 fully saturated rings. The van der Waals surface area contributed by atoms with Gasteiger partial charge in [0.25, 0.3) is 0 Å². The average molecular weight is 357 g/mol. The lowest BCUT2D eigenvalue weighted by Gasteiger charge is -2.10. The Bertz CT molecular complexity index is 1130. The van der Waals surface area contributed by atoms with Gasteiger partial charge < -0.3 is 4.74 Å². The lowest BCUT2D eigenvalue weighted by Crippen LogP contribution is -2.04. The first-order chi connectivity index (χ1) is 13.2. The third-order valence-electron chi connectivity index (χ3n) is 4.42. The SMILES string of the molecule is CCOC(=O)c1cnn2ccc(-c3ccccc3-c3cccc(C)n3)cc12. The van der Waals surface area contributed by atoms with E-state index in [0.29, 0.717) is 12.2 Å². The molecular weight excluding hydrogens is 338 g/mol. The van der Waals surface area contributed by atoms with Crippen molar-refractivity contribution < 1.29 is 9.53 Å². The zero-order chi connectivity index (χ0) is 18.8. The molecule has 3 heterocycles. The Kier molecular flexibility index (Phi) is 4.42. The van der Waals surface area contributed by atoms with E-state index in [1.54, 1.807) is 17.6 Å². The van der Waals surface area contributed by atoms with Gasteiger partial charge in [-0.25, -0.2) is 9.31 Å². The molecule has 0 aliphatic heterocycles. The van der Waals surface area contributed by atoms with Crippen molar-refractivity contribution in [1.29, 1.82) is 0 Å². The number of carbonyl (C=O) groups is 1. The summed E-state index contributed by atoms with van der Waals surface area (Å²) in [6.45, 7) is 4.11. The molecule has 5 nitrogen and oxygen atoms in total. The Morgan fingerprint density at radius 2 is 1.89 bits per heavy atom. The molecule has 4 rings (SSSR count). The normalized spacial score (nSPS) is 10.9. The topological polar surface area (TPSA) is 56.5 Å². The standard InChI is InChI=1S/C22H19N3O2/c1-3-27-22(26)19-14-23-25-12-11-16(13-21(19)25)17-8-4-5-9-18(17)20-10-6-7-15(2)24-20/h4-14H,3H2,1-2H3. The van der Waals surface area contributed by atoms with Crippen LogP contribution in [0.1, 0.15) is 23.0 Å². The number of hydrogen-bond donors (Lipinski definition) is 0. The number of carbonyl (C=O) groups excluding carboxylic acids is 1. The third kappa shape index (κ3) is 3.19. The molecule has 0 N–H and O–H groups in total. The molecule has 0 bridgehead atoms. The van der Waals surface area contributed by atoms with Crippen LogP contribution >= 0.6 is 0 Å². The van der Waals surface area contributed by atoms with Crippen LogP contribution in [-0.4, -0.2) is 27.2 Å². The maximum absolute atomic E-state index is 12.2. The summed E-state index contributed by atoms with van der Waals surface area (Å²) < 4.78 is 6.83. The molecule has 134 valence electrons. The summed E-state index contributed by atoms with van der Waals surface area (Å²) in [6.07, 6.45) is 3.40. The first-order valence-corrected chi connectivity index (χ1v) is 8.85. The van der Waals surface area contributed by atoms with E-state index >= 15 is 0 Å². The van der Waals surface area contributed by atoms with Gasteiger partial charge in [-0.15, -0.1) is 0 Å². The minimum absolute atomic E-state index is 0.331. The Hall–Kier alpha value is -3.47. The van der Waals surface area contributed by atoms with Crippen molar-refractivity contribution in [2.45, 2.75) is 13.8 Å². The van der Waals surface area contributed by atoms with Crippen molar-refractivity contribution in [2.24, 2.45) is 0 Å². The Labute approximate surface area is 157 Å². The van der Waals surface area contributed by atoms with Crippen molar-refractivity contribution in [3.8, 4) is 22.4 Å². The van der Waals surface area contributed by atoms with Gasteiger partial charge in [0.15, 0.2) is 0 Å². The zero-order valence-electron chi connectivity index (χ0n) is 15.2. The molecule has 0 saturated carbocycles. The second-order valence-electron chi connectivity index (χ2n) is 6.23. The highest BCUT2D eigenvalue weighted by Gasteiger charge is 2.15. The van der Waals surface area contributed by atoms with Crippen LogP contribution in [0.5, 0.6) is 0 Å². The predicted molar refractivity (Wildman–Crippen MR) is 105 cm³/mol. The lowest BCUT2D eigenvalue weighted by molar-refractivity contribution is 0.0528. The summed E-state index contributed by atoms with van der Waals surface area (Å²) in [7, 11) is 0. The first kappa shape index (κ1) is 17.0. The van der Waals surface area contributed by atoms with Gasteiger partial charge >= 0.3 is 5.97 Å². The molecule has 5 heteroatoms. The van der Waals surface area contributed by atoms with E-state index in [1.807, 2.05) is 55.6 Å². The van der Waals surface area contributed by atoms with Crippen LogP contribution in [0.3, 0.4) is 0 Å². The van der Waals surface area contributed by atoms with Crippen molar-refractivity contribution in [3.05, 3.63) is 78.2 Å². The summed E-state index contributed by atoms with van der Waals surface area (Å²) in [6, 6.07) is 18.1. The molecule has 0 saturated heterocycles. The average Bonchev–Trinajstić information content (AvgIpc) is 3.11. The van der Waals surface area contributed by atoms with Gasteiger partial charge in [-0.05, 0) is 49.2 Å². The van der Waals surface area contributed by atoms with Gasteiger partial charge in [0.2, 0.25) is 0 Å². The van der Waals surface area contributed by atoms with Crippen molar-refractivity contribution in [1.82, 2.24) is 14.6 Å². The number of aromatic nitrogens is 3. The number of fused-ring (bicyclic) bond motifs is 1. The van der Waals surface area contributed by atoms with Gasteiger partial charge in [0.1, 0.15) is 5.56 Å². The molecule has 0 unspecified atom stereocenters. The number of aryl methyl sites for hydroxylation is 1. The van der Waals surface area contributed by atoms with Crippen molar-refractivity contribution in [2.75, 3.05) is 6.61 Å². The van der Waals surface area contributed by atoms with Gasteiger partial charge in [0.05, 0.1) is 24.0 Å². The van der Waals surface area contributed by atoms with Crippen LogP contribution in [0.4, 0.5) is 0 Å². The highest BCUT2D eigenvalue weighted by molar-refractivity contribution is 5.98. The summed E-state index contributed by atoms with van der Waals surface area (Å²) in [5.41, 5.74) is 6.16. The maximum atomic E-state index is 12.2. The Morgan fingerprint density at radius 3 is 2.67 bits per heavy atom. The van der Waals surface area contributed by atoms with Crippen LogP contribution < -0.4 is 0 Å². The zero-order valence-corrected chi connectivity index (χ0v) is 15.2. The number of rotatable bonds is 4. The fourth-order valence-corrected chi connectivity index (χ4v) is 3.17. The van der Waals surface area contributed by atoms with Gasteiger partial charge in [0, 0.05) is 17.5 Å². The van der Waals surface area contributed by atoms with Crippen LogP contribution in [0.2, 0.25) is 0 Å². The maximum Gasteiger partial charge on any atom is 0.341 e. The van der Waals surface area contributed by atoms with E-state index in [1.165, 1.54) is 0 Å². The molecule has 0 amide bonds. The second-order valence-corrected chi connectivity index (χ2v) is 6.23. The van der Waals surface area contributed by atoms with Crippen LogP contribution in [0.15, 0.2) is 67.0 Å². The summed E-state index contributed by atoms with van der Waals surface area (Å²) in [5.74, 6) is -0.363. The fourth-order valence-electron chi connectivity index (χ4n) is 3.17. The number of nitrogens with zero attached hydrogens (tertiary/aromatic N) is 3. The third-order valence-corrected chi connectivity index (χ3v) is 4.42. The summed E-state index contributed by atoms with van der Waals surface area (Å²) >= 11 is 0. The van der Waals surface area contributed by atoms with E-state index < -0.39 is 0 Å². The minimum atomic E-state index is -0.363. The molecular formula is C22H19N3O2. The number of ether oxygens (including phenoxy) is 1. The molecule has 0 atom stereocenters. The lowest BCUT2D eigenvalue weighted by atomic mass is 9.97. The van der Waals surface area contributed by atoms with E-state index in [4.69, 9.17) is 4.74 Å². The molecule has 4 aromatic rings. The number of pyridine rings is 2. The fraction of sp³-hybridized carbons (Fsp3) is 0.136. The molecule has 3 aromatic heterocycles. The van der Waals surface area contributed by atoms with E-state index in [0.717, 1.165) is 33.6 Å². The monoisotopic (exact) mass is 357 g/mol. The highest BCUT2D eigenvalue weighted by Crippen LogP contribution is 2.32. The molecule has 0 aliphatic rings. The van der Waals surface area contributed by atoms with Crippen LogP contribution in [0.25, 0.3) is 27.9 Å². The van der Waals surface area contributed by atoms with E-state index in [9.17, 15) is 4.79 Å². The highest BCUT2D eigenvalue weighted by atomic mass is 16.5. The largest absolute Gasteiger partial charge is 0.462 e. The first-order valence-electron chi connectivity index (χ1n) is 8.85. The van der Waals surface area contributed by atoms with Gasteiger partial charge in [-0.1, -0.05) is 30.3 Å². The Balaban J connectivity index is 1.86. The molecule has 1 aromatic carbocycles. The Morgan fingerprint density at radius 1 is 1.07 bits per heavy atom. The van der Waals surface area contributed by atoms with Crippen LogP contribution in [-0.2, 0) is 4.74 Å². The van der Waals surface area contributed by atoms with Crippen molar-refractivity contribution >= 4 is 11.5 Å². The van der Waals surface area contributed by atoms with E-state index in [2.05, 4.69) is 22.2 Å². The van der Waals surface area contributed by atoms with Gasteiger partial charge in [-0.2, -0.15) is 5.10 Å². The number of benzene rings is 1. The van der Waals surface area contributed by atoms with E-state index in [-0.39, 0.29) is 5.97 Å². The molecule has 0 radical (unpaired) electrons. The second kappa shape index (κ2) is 7.03. The van der Waals surface area contributed by atoms with Crippen LogP contribution in [0, 0.1) is 6.92 Å². The molecule has 0 spiro atoms. The summed E-state index contributed by atoms with van der Waals surface area (Å²) in [4.78, 5) is 16.9. The molecule has 27 heavy (non-hydrogen) atoms. The van der Waals surface area contributed by atoms with Gasteiger partial charge in [-0.3, -0.25) is 4.98 Å². The predicted octanol–water partition coefficient (Wildman–Crippen LogP) is 4.55. The number of esters is 1. The number of hydrogen-bond acceptors (Lipinski definition) is 4. The molecule has 0 aliphatic carbocycles. The minimum Gasteiger partial charge on any atom is -0.462 e. The summed E-state index contributed by atoms with van der Waals surface area (Å²) in [5, 5.41) is 4.25. The van der Waals surface area contributed by atoms with Crippen molar-refractivity contribution in [3.63, 3.8) is 0 Å².